The van der Waals surface area contributed by atoms with Gasteiger partial charge in [-0.2, -0.15) is 0 Å². The van der Waals surface area contributed by atoms with Gasteiger partial charge in [-0.3, -0.25) is 19.2 Å². The lowest BCUT2D eigenvalue weighted by Gasteiger charge is -2.37. The molecule has 4 aromatic carbocycles. The number of amides is 1. The maximum Gasteiger partial charge on any atom is 0.323 e. The maximum atomic E-state index is 11.5. The lowest BCUT2D eigenvalue weighted by atomic mass is 9.74. The molecule has 6 N–H and O–H groups in total. The van der Waals surface area contributed by atoms with Gasteiger partial charge in [0.05, 0.1) is 33.5 Å². The first-order valence-electron chi connectivity index (χ1n) is 33.2. The molecule has 4 aromatic rings. The third-order valence-electron chi connectivity index (χ3n) is 16.2. The minimum absolute atomic E-state index is 0. The molecule has 0 spiro atoms. The van der Waals surface area contributed by atoms with Crippen LogP contribution in [0.4, 0.5) is 17.1 Å². The number of piperazine rings is 2. The van der Waals surface area contributed by atoms with Gasteiger partial charge in [-0.1, -0.05) is 65.0 Å². The number of rotatable bonds is 15. The van der Waals surface area contributed by atoms with Gasteiger partial charge in [0.25, 0.3) is 0 Å². The van der Waals surface area contributed by atoms with Crippen molar-refractivity contribution in [3.63, 3.8) is 0 Å². The van der Waals surface area contributed by atoms with Crippen LogP contribution in [0.3, 0.4) is 0 Å². The Morgan fingerprint density at radius 2 is 1.06 bits per heavy atom. The van der Waals surface area contributed by atoms with E-state index in [1.54, 1.807) is 48.9 Å². The summed E-state index contributed by atoms with van der Waals surface area (Å²) in [4.78, 5) is 54.9. The molecular formula is C73H127N11O10. The van der Waals surface area contributed by atoms with E-state index < -0.39 is 0 Å². The Kier molecular flexibility index (Phi) is 49.0. The van der Waals surface area contributed by atoms with Crippen LogP contribution in [0.1, 0.15) is 98.0 Å². The molecule has 1 unspecified atom stereocenters. The molecule has 21 nitrogen and oxygen atoms in total. The number of anilines is 3. The summed E-state index contributed by atoms with van der Waals surface area (Å²) in [5.41, 5.74) is 5.04. The Morgan fingerprint density at radius 3 is 1.49 bits per heavy atom. The van der Waals surface area contributed by atoms with Crippen molar-refractivity contribution in [2.75, 3.05) is 192 Å². The number of ketones is 1. The highest BCUT2D eigenvalue weighted by Crippen LogP contribution is 2.34. The van der Waals surface area contributed by atoms with E-state index in [1.807, 2.05) is 130 Å². The fourth-order valence-corrected chi connectivity index (χ4v) is 9.68. The topological polar surface area (TPSA) is 212 Å². The summed E-state index contributed by atoms with van der Waals surface area (Å²) in [6.07, 6.45) is 4.89. The number of benzene rings is 4. The number of carbonyl (C=O) groups excluding carboxylic acids is 4. The largest absolute Gasteiger partial charge is 0.497 e. The second kappa shape index (κ2) is 52.7. The predicted molar refractivity (Wildman–Crippen MR) is 389 cm³/mol. The van der Waals surface area contributed by atoms with E-state index >= 15 is 0 Å². The van der Waals surface area contributed by atoms with Gasteiger partial charge < -0.3 is 84.8 Å². The van der Waals surface area contributed by atoms with Crippen molar-refractivity contribution >= 4 is 40.7 Å². The highest BCUT2D eigenvalue weighted by Gasteiger charge is 2.29. The minimum Gasteiger partial charge on any atom is -0.497 e. The number of likely N-dealkylation sites (N-methyl/N-ethyl adjacent to an activating group) is 6. The van der Waals surface area contributed by atoms with Crippen LogP contribution < -0.4 is 46.1 Å². The number of carbonyl (C=O) groups is 4. The summed E-state index contributed by atoms with van der Waals surface area (Å²) in [5, 5.41) is 18.2. The van der Waals surface area contributed by atoms with Crippen molar-refractivity contribution in [2.45, 2.75) is 107 Å². The molecule has 3 saturated heterocycles. The van der Waals surface area contributed by atoms with Crippen molar-refractivity contribution < 1.29 is 47.6 Å². The monoisotopic (exact) mass is 1320 g/mol. The van der Waals surface area contributed by atoms with E-state index in [0.29, 0.717) is 26.4 Å². The zero-order chi connectivity index (χ0) is 69.5. The Labute approximate surface area is 568 Å². The highest BCUT2D eigenvalue weighted by atomic mass is 16.7. The summed E-state index contributed by atoms with van der Waals surface area (Å²) >= 11 is 0. The minimum atomic E-state index is -0.257. The van der Waals surface area contributed by atoms with Crippen LogP contribution in [-0.4, -0.2) is 243 Å². The molecule has 94 heavy (non-hydrogen) atoms. The second-order valence-corrected chi connectivity index (χ2v) is 23.8. The van der Waals surface area contributed by atoms with E-state index in [1.165, 1.54) is 45.4 Å². The van der Waals surface area contributed by atoms with Gasteiger partial charge in [-0.25, -0.2) is 0 Å². The fourth-order valence-electron chi connectivity index (χ4n) is 9.68. The summed E-state index contributed by atoms with van der Waals surface area (Å²) in [5.74, 6) is 5.13. The van der Waals surface area contributed by atoms with Crippen LogP contribution in [-0.2, 0) is 35.0 Å². The number of ether oxygens (including phenoxy) is 6. The molecule has 1 amide bonds. The Hall–Kier alpha value is -6.56. The van der Waals surface area contributed by atoms with Crippen molar-refractivity contribution in [3.8, 4) is 17.2 Å². The number of morpholine rings is 1. The van der Waals surface area contributed by atoms with E-state index in [-0.39, 0.29) is 43.1 Å². The fraction of sp³-hybridized carbons (Fsp3) is 0.616. The third-order valence-corrected chi connectivity index (χ3v) is 16.2. The molecule has 5 atom stereocenters. The van der Waals surface area contributed by atoms with Crippen LogP contribution >= 0.6 is 0 Å². The highest BCUT2D eigenvalue weighted by molar-refractivity contribution is 5.94. The molecule has 1 saturated carbocycles. The predicted octanol–water partition coefficient (Wildman–Crippen LogP) is 9.56. The number of hydrogen-bond donors (Lipinski definition) is 6. The van der Waals surface area contributed by atoms with Crippen molar-refractivity contribution in [1.82, 2.24) is 40.4 Å². The number of fused-ring (bicyclic) bond motifs is 1. The Bertz CT molecular complexity index is 2510. The summed E-state index contributed by atoms with van der Waals surface area (Å²) in [6, 6.07) is 31.2. The summed E-state index contributed by atoms with van der Waals surface area (Å²) < 4.78 is 30.1. The van der Waals surface area contributed by atoms with E-state index in [2.05, 4.69) is 108 Å². The van der Waals surface area contributed by atoms with Crippen LogP contribution in [0.2, 0.25) is 0 Å². The number of methoxy groups -OCH3 is 1. The smallest absolute Gasteiger partial charge is 0.323 e. The quantitative estimate of drug-likeness (QED) is 0.0483. The van der Waals surface area contributed by atoms with Gasteiger partial charge in [0.15, 0.2) is 17.3 Å². The van der Waals surface area contributed by atoms with Crippen molar-refractivity contribution in [2.24, 2.45) is 17.8 Å². The first kappa shape index (κ1) is 87.4. The van der Waals surface area contributed by atoms with Gasteiger partial charge in [-0.05, 0) is 180 Å². The van der Waals surface area contributed by atoms with Crippen molar-refractivity contribution in [3.05, 3.63) is 108 Å². The normalized spacial score (nSPS) is 17.9. The first-order valence-corrected chi connectivity index (χ1v) is 33.2. The standard InChI is InChI=1S/C12H17NO2.C11H23N.C9H11NO.C8H9NO2.C8H11NO.C7H14N2O.C6H14N2.C6H13NO2.C5H11NO.CH4/c1-3-15-12(14)11(13-2)9-10-7-5-4-6-8-10;1-8(2)10-6-5-9(3)7-11(10)12-4;1-7(11)8-3-5-9(10-2)6-4-8;1-9-6-2-3-7-8(4-6)11-5-10-7;1-9-7-3-5-8(10-2)6-4-7;1-7(10)9-5-3-8(2)4-6-9;1-7-3-5-8(2)6-4-7;1-4-9-6(8)5(2)7-3;1-6-2-4-7-5-3-6;/h4-8,11,13H,3,9H2,1-2H3;8-12H,5-7H2,1-4H3;3-6,10H,1-2H3;2-4,9H,5H2,1H3;3-6,9H,1-2H3;3-6H2,1-2H3;3-6H2,1-2H3;5,7H,4H2,1-3H3;2-5H2,1H3;1H4/t11-;9-,10+,11?;;;;;;5-;;/m00.....0../s1. The van der Waals surface area contributed by atoms with E-state index in [0.717, 1.165) is 122 Å². The van der Waals surface area contributed by atoms with Crippen LogP contribution in [0, 0.1) is 17.8 Å². The zero-order valence-electron chi connectivity index (χ0n) is 60.5. The molecule has 21 heteroatoms. The number of nitrogens with one attached hydrogen (secondary N) is 6. The molecule has 0 radical (unpaired) electrons. The van der Waals surface area contributed by atoms with Gasteiger partial charge in [0, 0.05) is 128 Å². The molecule has 4 fully saturated rings. The van der Waals surface area contributed by atoms with Gasteiger partial charge >= 0.3 is 11.9 Å². The number of esters is 2. The van der Waals surface area contributed by atoms with Crippen LogP contribution in [0.15, 0.2) is 97.1 Å². The molecule has 1 aliphatic carbocycles. The van der Waals surface area contributed by atoms with Gasteiger partial charge in [0.1, 0.15) is 17.8 Å². The third kappa shape index (κ3) is 38.7. The molecule has 0 bridgehead atoms. The van der Waals surface area contributed by atoms with Crippen molar-refractivity contribution in [1.29, 1.82) is 0 Å². The molecule has 0 aromatic heterocycles. The molecule has 534 valence electrons. The van der Waals surface area contributed by atoms with Crippen LogP contribution in [0.25, 0.3) is 0 Å². The van der Waals surface area contributed by atoms with E-state index in [4.69, 9.17) is 28.4 Å². The second-order valence-electron chi connectivity index (χ2n) is 23.8. The number of nitrogens with zero attached hydrogens (tertiary/aromatic N) is 5. The molecular weight excluding hydrogens is 1190 g/mol. The molecule has 9 rings (SSSR count). The first-order chi connectivity index (χ1) is 44.5. The van der Waals surface area contributed by atoms with Gasteiger partial charge in [-0.15, -0.1) is 0 Å². The summed E-state index contributed by atoms with van der Waals surface area (Å²) in [7, 11) is 21.4. The molecule has 4 aliphatic heterocycles. The van der Waals surface area contributed by atoms with E-state index in [9.17, 15) is 19.2 Å². The average Bonchev–Trinajstić information content (AvgIpc) is 1.84. The summed E-state index contributed by atoms with van der Waals surface area (Å²) in [6.45, 7) is 29.6. The molecule has 4 heterocycles. The lowest BCUT2D eigenvalue weighted by molar-refractivity contribution is -0.146. The lowest BCUT2D eigenvalue weighted by Crippen LogP contribution is -2.46. The average molecular weight is 1320 g/mol. The Balaban J connectivity index is 0.00000104. The zero-order valence-corrected chi connectivity index (χ0v) is 60.5. The SMILES string of the molecule is C.CC(=O)N1CCN(C)CC1.CCOC(=O)[C@H](C)NC.CCOC(=O)[C@H](Cc1ccccc1)NC.CN1CCN(C)CC1.CN1CCOCC1.CNC1C[C@@H](C)CC[C@@H]1C(C)C.CNc1ccc(C(C)=O)cc1.CNc1ccc(OC)cc1.CNc1ccc2c(c1)OCO2. The Morgan fingerprint density at radius 1 is 0.585 bits per heavy atom. The number of Topliss-reactive ketones (excluding diaryl/α,β-unsaturated/α-hetero) is 1. The van der Waals surface area contributed by atoms with Gasteiger partial charge in [0.2, 0.25) is 12.7 Å². The van der Waals surface area contributed by atoms with Crippen LogP contribution in [0.5, 0.6) is 17.2 Å². The molecule has 5 aliphatic rings. The number of hydrogen-bond acceptors (Lipinski definition) is 20. The maximum absolute atomic E-state index is 11.5.